The minimum Gasteiger partial charge on any atom is -0.466 e. The first-order chi connectivity index (χ1) is 13.8. The molecule has 0 atom stereocenters. The highest BCUT2D eigenvalue weighted by Crippen LogP contribution is 2.11. The highest BCUT2D eigenvalue weighted by atomic mass is 16.6. The minimum absolute atomic E-state index is 0.0967. The number of esters is 2. The fraction of sp³-hybridized carbons (Fsp3) is 0.917. The second-order valence-electron chi connectivity index (χ2n) is 9.02. The van der Waals surface area contributed by atoms with Crippen molar-refractivity contribution in [2.24, 2.45) is 0 Å². The summed E-state index contributed by atoms with van der Waals surface area (Å²) in [6, 6.07) is 0. The van der Waals surface area contributed by atoms with Crippen molar-refractivity contribution < 1.29 is 19.1 Å². The van der Waals surface area contributed by atoms with Crippen molar-refractivity contribution in [1.82, 2.24) is 4.90 Å². The Morgan fingerprint density at radius 1 is 0.724 bits per heavy atom. The number of unbranched alkanes of at least 4 members (excludes halogenated alkanes) is 8. The third kappa shape index (κ3) is 20.0. The molecule has 0 heterocycles. The summed E-state index contributed by atoms with van der Waals surface area (Å²) in [5.41, 5.74) is -0.444. The van der Waals surface area contributed by atoms with Crippen LogP contribution >= 0.6 is 0 Å². The van der Waals surface area contributed by atoms with Gasteiger partial charge in [0.2, 0.25) is 0 Å². The van der Waals surface area contributed by atoms with Crippen molar-refractivity contribution in [2.75, 3.05) is 26.2 Å². The Balaban J connectivity index is 4.17. The quantitative estimate of drug-likeness (QED) is 0.207. The number of hydrogen-bond acceptors (Lipinski definition) is 5. The Morgan fingerprint density at radius 2 is 1.28 bits per heavy atom. The Kier molecular flexibility index (Phi) is 17.1. The van der Waals surface area contributed by atoms with Crippen LogP contribution in [0, 0.1) is 0 Å². The lowest BCUT2D eigenvalue weighted by molar-refractivity contribution is -0.156. The van der Waals surface area contributed by atoms with Crippen LogP contribution in [0.4, 0.5) is 0 Å². The Hall–Kier alpha value is -1.10. The first kappa shape index (κ1) is 27.9. The van der Waals surface area contributed by atoms with E-state index in [1.165, 1.54) is 38.5 Å². The molecule has 0 unspecified atom stereocenters. The monoisotopic (exact) mass is 413 g/mol. The first-order valence-electron chi connectivity index (χ1n) is 11.9. The molecule has 0 saturated heterocycles. The van der Waals surface area contributed by atoms with Gasteiger partial charge in [0.25, 0.3) is 0 Å². The molecule has 0 fully saturated rings. The number of carbonyl (C=O) groups excluding carboxylic acids is 2. The number of hydrogen-bond donors (Lipinski definition) is 0. The zero-order valence-corrected chi connectivity index (χ0v) is 19.9. The summed E-state index contributed by atoms with van der Waals surface area (Å²) in [6.07, 6.45) is 13.0. The predicted octanol–water partition coefficient (Wildman–Crippen LogP) is 5.89. The predicted molar refractivity (Wildman–Crippen MR) is 120 cm³/mol. The molecule has 0 radical (unpaired) electrons. The van der Waals surface area contributed by atoms with Crippen LogP contribution in [0.5, 0.6) is 0 Å². The van der Waals surface area contributed by atoms with Gasteiger partial charge in [-0.1, -0.05) is 58.8 Å². The van der Waals surface area contributed by atoms with Gasteiger partial charge >= 0.3 is 11.9 Å². The molecular weight excluding hydrogens is 366 g/mol. The van der Waals surface area contributed by atoms with Gasteiger partial charge in [0.15, 0.2) is 0 Å². The molecule has 0 saturated carbocycles. The van der Waals surface area contributed by atoms with Crippen LogP contribution in [0.2, 0.25) is 0 Å². The average molecular weight is 414 g/mol. The molecular formula is C24H47NO4. The van der Waals surface area contributed by atoms with E-state index in [0.29, 0.717) is 19.6 Å². The molecule has 0 aromatic rings. The molecule has 0 aliphatic rings. The van der Waals surface area contributed by atoms with Crippen LogP contribution in [-0.4, -0.2) is 48.7 Å². The third-order valence-electron chi connectivity index (χ3n) is 4.67. The molecule has 5 heteroatoms. The van der Waals surface area contributed by atoms with Gasteiger partial charge in [-0.05, 0) is 59.5 Å². The number of rotatable bonds is 18. The summed E-state index contributed by atoms with van der Waals surface area (Å²) in [6.45, 7) is 12.6. The minimum atomic E-state index is -0.444. The van der Waals surface area contributed by atoms with E-state index in [9.17, 15) is 9.59 Å². The van der Waals surface area contributed by atoms with E-state index in [0.717, 1.165) is 45.2 Å². The molecule has 0 bridgehead atoms. The molecule has 0 aliphatic heterocycles. The van der Waals surface area contributed by atoms with Crippen LogP contribution in [0.25, 0.3) is 0 Å². The molecule has 29 heavy (non-hydrogen) atoms. The highest BCUT2D eigenvalue weighted by molar-refractivity contribution is 5.72. The van der Waals surface area contributed by atoms with Crippen molar-refractivity contribution in [1.29, 1.82) is 0 Å². The van der Waals surface area contributed by atoms with E-state index in [1.54, 1.807) is 0 Å². The second-order valence-corrected chi connectivity index (χ2v) is 9.02. The van der Waals surface area contributed by atoms with Crippen LogP contribution in [0.1, 0.15) is 112 Å². The molecule has 0 aromatic heterocycles. The van der Waals surface area contributed by atoms with Crippen molar-refractivity contribution >= 4 is 11.9 Å². The lowest BCUT2D eigenvalue weighted by Gasteiger charge is -2.25. The van der Waals surface area contributed by atoms with Gasteiger partial charge in [-0.15, -0.1) is 0 Å². The maximum absolute atomic E-state index is 12.2. The van der Waals surface area contributed by atoms with Crippen LogP contribution < -0.4 is 0 Å². The number of ether oxygens (including phenoxy) is 2. The fourth-order valence-electron chi connectivity index (χ4n) is 3.19. The van der Waals surface area contributed by atoms with Gasteiger partial charge in [0.05, 0.1) is 13.2 Å². The van der Waals surface area contributed by atoms with Gasteiger partial charge in [-0.3, -0.25) is 14.5 Å². The summed E-state index contributed by atoms with van der Waals surface area (Å²) in [5.74, 6) is -0.246. The van der Waals surface area contributed by atoms with Crippen LogP contribution in [0.3, 0.4) is 0 Å². The average Bonchev–Trinajstić information content (AvgIpc) is 2.63. The normalized spacial score (nSPS) is 11.7. The van der Waals surface area contributed by atoms with Crippen molar-refractivity contribution in [3.8, 4) is 0 Å². The van der Waals surface area contributed by atoms with E-state index in [2.05, 4.69) is 11.8 Å². The van der Waals surface area contributed by atoms with Crippen molar-refractivity contribution in [3.05, 3.63) is 0 Å². The van der Waals surface area contributed by atoms with E-state index >= 15 is 0 Å². The zero-order chi connectivity index (χ0) is 22.0. The summed E-state index contributed by atoms with van der Waals surface area (Å²) in [7, 11) is 0. The van der Waals surface area contributed by atoms with E-state index in [1.807, 2.05) is 27.7 Å². The second kappa shape index (κ2) is 17.7. The van der Waals surface area contributed by atoms with E-state index < -0.39 is 5.60 Å². The molecule has 0 amide bonds. The molecule has 0 aliphatic carbocycles. The van der Waals surface area contributed by atoms with Gasteiger partial charge in [0.1, 0.15) is 5.60 Å². The molecule has 5 nitrogen and oxygen atoms in total. The maximum Gasteiger partial charge on any atom is 0.320 e. The van der Waals surface area contributed by atoms with Gasteiger partial charge in [0, 0.05) is 6.42 Å². The van der Waals surface area contributed by atoms with Crippen molar-refractivity contribution in [2.45, 2.75) is 117 Å². The summed E-state index contributed by atoms with van der Waals surface area (Å²) < 4.78 is 10.6. The number of carbonyl (C=O) groups is 2. The Bertz CT molecular complexity index is 418. The smallest absolute Gasteiger partial charge is 0.320 e. The lowest BCUT2D eigenvalue weighted by atomic mass is 10.1. The number of nitrogens with zero attached hydrogens (tertiary/aromatic N) is 1. The standard InChI is InChI=1S/C24H47NO4/c1-6-8-9-10-11-12-15-18-25(21-23(27)29-24(3,4)5)19-16-13-14-17-22(26)28-20-7-2/h6-21H2,1-5H3. The molecule has 0 N–H and O–H groups in total. The molecule has 172 valence electrons. The van der Waals surface area contributed by atoms with Crippen molar-refractivity contribution in [3.63, 3.8) is 0 Å². The summed E-state index contributed by atoms with van der Waals surface area (Å²) >= 11 is 0. The Morgan fingerprint density at radius 3 is 1.83 bits per heavy atom. The van der Waals surface area contributed by atoms with Gasteiger partial charge in [-0.2, -0.15) is 0 Å². The summed E-state index contributed by atoms with van der Waals surface area (Å²) in [5, 5.41) is 0. The highest BCUT2D eigenvalue weighted by Gasteiger charge is 2.18. The lowest BCUT2D eigenvalue weighted by Crippen LogP contribution is -2.36. The third-order valence-corrected chi connectivity index (χ3v) is 4.67. The van der Waals surface area contributed by atoms with Gasteiger partial charge < -0.3 is 9.47 Å². The fourth-order valence-corrected chi connectivity index (χ4v) is 3.19. The topological polar surface area (TPSA) is 55.8 Å². The maximum atomic E-state index is 12.2. The largest absolute Gasteiger partial charge is 0.466 e. The first-order valence-corrected chi connectivity index (χ1v) is 11.9. The summed E-state index contributed by atoms with van der Waals surface area (Å²) in [4.78, 5) is 26.0. The molecule has 0 spiro atoms. The SMILES string of the molecule is CCCCCCCCCN(CCCCCC(=O)OCCC)CC(=O)OC(C)(C)C. The Labute approximate surface area is 179 Å². The molecule has 0 rings (SSSR count). The van der Waals surface area contributed by atoms with E-state index in [-0.39, 0.29) is 11.9 Å². The van der Waals surface area contributed by atoms with Crippen LogP contribution in [-0.2, 0) is 19.1 Å². The molecule has 0 aromatic carbocycles. The van der Waals surface area contributed by atoms with E-state index in [4.69, 9.17) is 9.47 Å². The van der Waals surface area contributed by atoms with Crippen LogP contribution in [0.15, 0.2) is 0 Å². The zero-order valence-electron chi connectivity index (χ0n) is 19.9. The van der Waals surface area contributed by atoms with Gasteiger partial charge in [-0.25, -0.2) is 0 Å².